The smallest absolute Gasteiger partial charge is 0.0467 e. The summed E-state index contributed by atoms with van der Waals surface area (Å²) in [6.07, 6.45) is 11.2. The molecule has 0 radical (unpaired) electrons. The first-order valence-corrected chi connectivity index (χ1v) is 3.30. The zero-order valence-corrected chi connectivity index (χ0v) is 6.88. The molecule has 0 aromatic rings. The van der Waals surface area contributed by atoms with Crippen LogP contribution in [0.25, 0.3) is 0 Å². The molecule has 0 unspecified atom stereocenters. The fourth-order valence-corrected chi connectivity index (χ4v) is 0.272. The van der Waals surface area contributed by atoms with Crippen molar-refractivity contribution in [2.24, 2.45) is 0 Å². The highest BCUT2D eigenvalue weighted by molar-refractivity contribution is 4.94. The third-order valence-corrected chi connectivity index (χ3v) is 0.657. The highest BCUT2D eigenvalue weighted by Gasteiger charge is 1.42. The third kappa shape index (κ3) is 28.2. The van der Waals surface area contributed by atoms with Crippen LogP contribution in [0, 0.1) is 0 Å². The fourth-order valence-electron chi connectivity index (χ4n) is 0.272. The largest absolute Gasteiger partial charge is 0.0991 e. The normalized spacial score (nSPS) is 9.00. The van der Waals surface area contributed by atoms with E-state index in [1.54, 1.807) is 12.2 Å². The summed E-state index contributed by atoms with van der Waals surface area (Å²) in [7, 11) is 0. The van der Waals surface area contributed by atoms with Crippen molar-refractivity contribution in [3.05, 3.63) is 49.6 Å². The van der Waals surface area contributed by atoms with Crippen LogP contribution in [0.5, 0.6) is 0 Å². The molecule has 0 aliphatic heterocycles. The molecule has 0 rings (SSSR count). The molecule has 0 fully saturated rings. The zero-order valence-electron chi connectivity index (χ0n) is 6.88. The van der Waals surface area contributed by atoms with Crippen LogP contribution in [-0.2, 0) is 0 Å². The summed E-state index contributed by atoms with van der Waals surface area (Å²) in [5.41, 5.74) is 0. The highest BCUT2D eigenvalue weighted by atomic mass is 13.5. The van der Waals surface area contributed by atoms with Crippen molar-refractivity contribution in [2.45, 2.75) is 13.8 Å². The van der Waals surface area contributed by atoms with Gasteiger partial charge in [0, 0.05) is 0 Å². The molecular formula is C10H16. The lowest BCUT2D eigenvalue weighted by Gasteiger charge is -1.56. The quantitative estimate of drug-likeness (QED) is 0.510. The predicted molar refractivity (Wildman–Crippen MR) is 50.0 cm³/mol. The molecule has 0 nitrogen and oxygen atoms in total. The Balaban J connectivity index is 0. The Kier molecular flexibility index (Phi) is 18.4. The molecule has 0 atom stereocenters. The van der Waals surface area contributed by atoms with Gasteiger partial charge in [-0.3, -0.25) is 0 Å². The maximum absolute atomic E-state index is 3.46. The van der Waals surface area contributed by atoms with Gasteiger partial charge in [0.25, 0.3) is 0 Å². The van der Waals surface area contributed by atoms with E-state index >= 15 is 0 Å². The molecule has 0 heterocycles. The van der Waals surface area contributed by atoms with E-state index in [1.165, 1.54) is 0 Å². The van der Waals surface area contributed by atoms with Crippen LogP contribution < -0.4 is 0 Å². The number of rotatable bonds is 2. The molecule has 0 saturated carbocycles. The van der Waals surface area contributed by atoms with E-state index in [1.807, 2.05) is 38.2 Å². The van der Waals surface area contributed by atoms with Gasteiger partial charge in [-0.2, -0.15) is 0 Å². The van der Waals surface area contributed by atoms with Crippen molar-refractivity contribution in [3.8, 4) is 0 Å². The Labute approximate surface area is 64.3 Å². The number of hydrogen-bond donors (Lipinski definition) is 0. The third-order valence-electron chi connectivity index (χ3n) is 0.657. The van der Waals surface area contributed by atoms with Crippen molar-refractivity contribution < 1.29 is 0 Å². The number of hydrogen-bond acceptors (Lipinski definition) is 0. The van der Waals surface area contributed by atoms with Gasteiger partial charge in [-0.05, 0) is 13.8 Å². The average molecular weight is 136 g/mol. The molecule has 0 saturated heterocycles. The van der Waals surface area contributed by atoms with E-state index in [9.17, 15) is 0 Å². The van der Waals surface area contributed by atoms with Crippen molar-refractivity contribution in [3.63, 3.8) is 0 Å². The van der Waals surface area contributed by atoms with Gasteiger partial charge in [-0.15, -0.1) is 0 Å². The minimum atomic E-state index is 1.75. The molecule has 0 N–H and O–H groups in total. The Morgan fingerprint density at radius 2 is 1.10 bits per heavy atom. The van der Waals surface area contributed by atoms with Gasteiger partial charge in [0.15, 0.2) is 0 Å². The Bertz CT molecular complexity index is 100. The highest BCUT2D eigenvalue weighted by Crippen LogP contribution is 1.65. The van der Waals surface area contributed by atoms with Crippen LogP contribution >= 0.6 is 0 Å². The second-order valence-corrected chi connectivity index (χ2v) is 1.52. The number of allylic oxidation sites excluding steroid dienone is 6. The summed E-state index contributed by atoms with van der Waals surface area (Å²) < 4.78 is 0. The summed E-state index contributed by atoms with van der Waals surface area (Å²) in [4.78, 5) is 0. The molecule has 10 heavy (non-hydrogen) atoms. The van der Waals surface area contributed by atoms with Gasteiger partial charge < -0.3 is 0 Å². The van der Waals surface area contributed by atoms with E-state index in [2.05, 4.69) is 13.2 Å². The lowest BCUT2D eigenvalue weighted by Crippen LogP contribution is -1.33. The van der Waals surface area contributed by atoms with Gasteiger partial charge in [0.2, 0.25) is 0 Å². The van der Waals surface area contributed by atoms with Crippen LogP contribution in [0.2, 0.25) is 0 Å². The first kappa shape index (κ1) is 11.7. The van der Waals surface area contributed by atoms with Crippen LogP contribution in [0.3, 0.4) is 0 Å². The lowest BCUT2D eigenvalue weighted by atomic mass is 10.5. The summed E-state index contributed by atoms with van der Waals surface area (Å²) in [5, 5.41) is 0. The van der Waals surface area contributed by atoms with Crippen molar-refractivity contribution in [1.29, 1.82) is 0 Å². The van der Waals surface area contributed by atoms with Crippen molar-refractivity contribution >= 4 is 0 Å². The molecule has 0 aliphatic carbocycles. The van der Waals surface area contributed by atoms with Crippen molar-refractivity contribution in [1.82, 2.24) is 0 Å². The first-order valence-electron chi connectivity index (χ1n) is 3.30. The van der Waals surface area contributed by atoms with Gasteiger partial charge in [-0.25, -0.2) is 0 Å². The molecule has 0 aliphatic rings. The Morgan fingerprint density at radius 3 is 1.10 bits per heavy atom. The minimum absolute atomic E-state index is 1.75. The zero-order chi connectivity index (χ0) is 8.24. The topological polar surface area (TPSA) is 0 Å². The molecule has 0 spiro atoms. The second-order valence-electron chi connectivity index (χ2n) is 1.52. The summed E-state index contributed by atoms with van der Waals surface area (Å²) in [5.74, 6) is 0. The van der Waals surface area contributed by atoms with Crippen LogP contribution in [0.4, 0.5) is 0 Å². The van der Waals surface area contributed by atoms with E-state index in [-0.39, 0.29) is 0 Å². The molecular weight excluding hydrogens is 120 g/mol. The maximum atomic E-state index is 3.46. The average Bonchev–Trinajstić information content (AvgIpc) is 1.93. The monoisotopic (exact) mass is 136 g/mol. The van der Waals surface area contributed by atoms with Crippen LogP contribution in [-0.4, -0.2) is 0 Å². The molecule has 0 aromatic carbocycles. The first-order chi connectivity index (χ1) is 4.83. The predicted octanol–water partition coefficient (Wildman–Crippen LogP) is 3.50. The summed E-state index contributed by atoms with van der Waals surface area (Å²) >= 11 is 0. The molecule has 0 heteroatoms. The summed E-state index contributed by atoms with van der Waals surface area (Å²) in [6.45, 7) is 10.8. The molecule has 0 aromatic heterocycles. The standard InChI is InChI=1S/2C5H8/c2*1-3-5-4-2/h2*3-5H,1H2,2H3/b5-4+;. The summed E-state index contributed by atoms with van der Waals surface area (Å²) in [6, 6.07) is 0. The molecule has 0 bridgehead atoms. The lowest BCUT2D eigenvalue weighted by molar-refractivity contribution is 1.74. The van der Waals surface area contributed by atoms with Gasteiger partial charge in [-0.1, -0.05) is 49.6 Å². The van der Waals surface area contributed by atoms with Gasteiger partial charge >= 0.3 is 0 Å². The van der Waals surface area contributed by atoms with E-state index < -0.39 is 0 Å². The van der Waals surface area contributed by atoms with E-state index in [4.69, 9.17) is 0 Å². The van der Waals surface area contributed by atoms with Gasteiger partial charge in [0.1, 0.15) is 0 Å². The molecule has 0 amide bonds. The van der Waals surface area contributed by atoms with Crippen LogP contribution in [0.1, 0.15) is 13.8 Å². The SMILES string of the molecule is C=C/C=C/C.C=CC=CC. The van der Waals surface area contributed by atoms with E-state index in [0.717, 1.165) is 0 Å². The van der Waals surface area contributed by atoms with Crippen LogP contribution in [0.15, 0.2) is 49.6 Å². The van der Waals surface area contributed by atoms with Crippen molar-refractivity contribution in [2.75, 3.05) is 0 Å². The maximum Gasteiger partial charge on any atom is -0.0467 e. The fraction of sp³-hybridized carbons (Fsp3) is 0.200. The van der Waals surface area contributed by atoms with E-state index in [0.29, 0.717) is 0 Å². The van der Waals surface area contributed by atoms with Gasteiger partial charge in [0.05, 0.1) is 0 Å². The second kappa shape index (κ2) is 15.7. The Morgan fingerprint density at radius 1 is 0.800 bits per heavy atom. The Hall–Kier alpha value is -1.04. The molecule has 56 valence electrons. The minimum Gasteiger partial charge on any atom is -0.0991 e.